The van der Waals surface area contributed by atoms with Gasteiger partial charge in [0.25, 0.3) is 0 Å². The number of halogens is 1. The lowest BCUT2D eigenvalue weighted by atomic mass is 9.93. The van der Waals surface area contributed by atoms with Gasteiger partial charge in [-0.25, -0.2) is 9.79 Å². The quantitative estimate of drug-likeness (QED) is 0.659. The van der Waals surface area contributed by atoms with Crippen LogP contribution in [0.4, 0.5) is 0 Å². The number of esters is 1. The molecule has 3 aliphatic heterocycles. The maximum absolute atomic E-state index is 12.9. The van der Waals surface area contributed by atoms with E-state index in [1.54, 1.807) is 17.9 Å². The van der Waals surface area contributed by atoms with Crippen LogP contribution in [-0.2, 0) is 19.1 Å². The number of carbonyl (C=O) groups excluding carboxylic acids is 2. The molecule has 1 saturated heterocycles. The average Bonchev–Trinajstić information content (AvgIpc) is 3.15. The summed E-state index contributed by atoms with van der Waals surface area (Å²) in [7, 11) is 1.35. The third kappa shape index (κ3) is 3.87. The number of hydrogen-bond donors (Lipinski definition) is 0. The number of allylic oxidation sites excluding steroid dienone is 1. The minimum atomic E-state index is -0.516. The van der Waals surface area contributed by atoms with Crippen LogP contribution >= 0.6 is 23.4 Å². The Hall–Kier alpha value is -2.29. The molecule has 0 aromatic heterocycles. The Morgan fingerprint density at radius 2 is 2.03 bits per heavy atom. The van der Waals surface area contributed by atoms with Gasteiger partial charge in [0, 0.05) is 23.8 Å². The number of amides is 1. The van der Waals surface area contributed by atoms with Gasteiger partial charge < -0.3 is 19.3 Å². The molecule has 0 bridgehead atoms. The highest BCUT2D eigenvalue weighted by Crippen LogP contribution is 2.46. The van der Waals surface area contributed by atoms with Crippen molar-refractivity contribution in [1.29, 1.82) is 0 Å². The van der Waals surface area contributed by atoms with Crippen molar-refractivity contribution >= 4 is 40.4 Å². The molecule has 30 heavy (non-hydrogen) atoms. The minimum Gasteiger partial charge on any atom is -0.466 e. The molecule has 7 nitrogen and oxygen atoms in total. The van der Waals surface area contributed by atoms with E-state index < -0.39 is 12.0 Å². The van der Waals surface area contributed by atoms with Gasteiger partial charge in [-0.1, -0.05) is 41.6 Å². The van der Waals surface area contributed by atoms with Crippen LogP contribution in [0.15, 0.2) is 51.6 Å². The van der Waals surface area contributed by atoms with Crippen molar-refractivity contribution in [2.75, 3.05) is 33.4 Å². The maximum Gasteiger partial charge on any atom is 0.338 e. The molecule has 0 spiro atoms. The zero-order valence-electron chi connectivity index (χ0n) is 16.8. The summed E-state index contributed by atoms with van der Waals surface area (Å²) in [5.74, 6) is -0.439. The van der Waals surface area contributed by atoms with Crippen molar-refractivity contribution in [3.05, 3.63) is 57.2 Å². The highest BCUT2D eigenvalue weighted by molar-refractivity contribution is 8.16. The first-order chi connectivity index (χ1) is 14.5. The Morgan fingerprint density at radius 1 is 1.30 bits per heavy atom. The van der Waals surface area contributed by atoms with E-state index in [1.165, 1.54) is 18.9 Å². The molecule has 0 N–H and O–H groups in total. The number of thioether (sulfide) groups is 1. The number of methoxy groups -OCH3 is 1. The summed E-state index contributed by atoms with van der Waals surface area (Å²) >= 11 is 7.97. The number of morpholine rings is 1. The second-order valence-electron chi connectivity index (χ2n) is 7.08. The molecule has 1 amide bonds. The molecular formula is C21H22ClN3O4S. The molecule has 3 heterocycles. The number of rotatable bonds is 4. The van der Waals surface area contributed by atoms with Crippen LogP contribution in [0.2, 0.25) is 5.02 Å². The molecule has 0 saturated carbocycles. The number of fused-ring (bicyclic) bond motifs is 1. The molecule has 3 aliphatic rings. The summed E-state index contributed by atoms with van der Waals surface area (Å²) in [5.41, 5.74) is 2.55. The highest BCUT2D eigenvalue weighted by Gasteiger charge is 2.42. The zero-order chi connectivity index (χ0) is 21.3. The summed E-state index contributed by atoms with van der Waals surface area (Å²) in [6.07, 6.45) is 0.209. The predicted molar refractivity (Wildman–Crippen MR) is 116 cm³/mol. The van der Waals surface area contributed by atoms with Gasteiger partial charge >= 0.3 is 5.97 Å². The molecule has 1 aromatic carbocycles. The lowest BCUT2D eigenvalue weighted by Crippen LogP contribution is -2.42. The molecule has 1 aromatic rings. The Kier molecular flexibility index (Phi) is 6.17. The topological polar surface area (TPSA) is 71.4 Å². The number of nitrogens with zero attached hydrogens (tertiary/aromatic N) is 3. The minimum absolute atomic E-state index is 0.0233. The third-order valence-electron chi connectivity index (χ3n) is 5.30. The van der Waals surface area contributed by atoms with Gasteiger partial charge in [-0.2, -0.15) is 0 Å². The van der Waals surface area contributed by atoms with E-state index in [0.717, 1.165) is 16.4 Å². The molecule has 0 aliphatic carbocycles. The third-order valence-corrected chi connectivity index (χ3v) is 6.53. The number of hydrogen-bond acceptors (Lipinski definition) is 7. The van der Waals surface area contributed by atoms with Crippen LogP contribution in [0.3, 0.4) is 0 Å². The number of benzene rings is 1. The fraction of sp³-hybridized carbons (Fsp3) is 0.381. The Morgan fingerprint density at radius 3 is 2.73 bits per heavy atom. The summed E-state index contributed by atoms with van der Waals surface area (Å²) in [5, 5.41) is 3.18. The summed E-state index contributed by atoms with van der Waals surface area (Å²) in [6.45, 7) is 4.05. The number of ether oxygens (including phenoxy) is 2. The molecule has 158 valence electrons. The van der Waals surface area contributed by atoms with Crippen LogP contribution < -0.4 is 0 Å². The van der Waals surface area contributed by atoms with Crippen molar-refractivity contribution in [1.82, 2.24) is 9.80 Å². The van der Waals surface area contributed by atoms with E-state index in [0.29, 0.717) is 42.6 Å². The second-order valence-corrected chi connectivity index (χ2v) is 8.32. The van der Waals surface area contributed by atoms with Gasteiger partial charge in [-0.15, -0.1) is 0 Å². The average molecular weight is 448 g/mol. The number of carbonyl (C=O) groups is 2. The van der Waals surface area contributed by atoms with Crippen molar-refractivity contribution in [2.24, 2.45) is 4.99 Å². The van der Waals surface area contributed by atoms with E-state index in [4.69, 9.17) is 21.1 Å². The van der Waals surface area contributed by atoms with Gasteiger partial charge in [0.1, 0.15) is 0 Å². The van der Waals surface area contributed by atoms with E-state index >= 15 is 0 Å². The van der Waals surface area contributed by atoms with Crippen LogP contribution in [0.25, 0.3) is 0 Å². The van der Waals surface area contributed by atoms with Gasteiger partial charge in [0.2, 0.25) is 5.91 Å². The van der Waals surface area contributed by atoms with Crippen LogP contribution in [0.5, 0.6) is 0 Å². The van der Waals surface area contributed by atoms with Gasteiger partial charge in [-0.05, 0) is 24.0 Å². The first-order valence-electron chi connectivity index (χ1n) is 9.64. The monoisotopic (exact) mass is 447 g/mol. The molecule has 1 atom stereocenters. The van der Waals surface area contributed by atoms with Crippen molar-refractivity contribution in [2.45, 2.75) is 19.4 Å². The van der Waals surface area contributed by atoms with Crippen LogP contribution in [0.1, 0.15) is 24.9 Å². The largest absolute Gasteiger partial charge is 0.466 e. The lowest BCUT2D eigenvalue weighted by molar-refractivity contribution is -0.136. The standard InChI is InChI=1S/C21H22ClN3O4S/c1-13-18(20(27)28-2)19(15-5-3-4-6-16(15)22)25-14(12-30-21(25)23-13)11-17(26)24-7-9-29-10-8-24/h3-6,12,19H,7-11H2,1-2H3/t19-/m0/s1. The van der Waals surface area contributed by atoms with E-state index in [9.17, 15) is 9.59 Å². The summed E-state index contributed by atoms with van der Waals surface area (Å²) in [4.78, 5) is 34.0. The molecular weight excluding hydrogens is 426 g/mol. The fourth-order valence-electron chi connectivity index (χ4n) is 3.81. The van der Waals surface area contributed by atoms with Crippen molar-refractivity contribution in [3.8, 4) is 0 Å². The summed E-state index contributed by atoms with van der Waals surface area (Å²) in [6, 6.07) is 6.88. The van der Waals surface area contributed by atoms with E-state index in [-0.39, 0.29) is 12.3 Å². The van der Waals surface area contributed by atoms with E-state index in [1.807, 2.05) is 28.5 Å². The van der Waals surface area contributed by atoms with Gasteiger partial charge in [0.15, 0.2) is 5.17 Å². The number of amidine groups is 1. The molecule has 9 heteroatoms. The van der Waals surface area contributed by atoms with Crippen LogP contribution in [0, 0.1) is 0 Å². The Labute approximate surface area is 184 Å². The second kappa shape index (κ2) is 8.83. The zero-order valence-corrected chi connectivity index (χ0v) is 18.3. The van der Waals surface area contributed by atoms with Gasteiger partial charge in [0.05, 0.1) is 44.1 Å². The highest BCUT2D eigenvalue weighted by atomic mass is 35.5. The van der Waals surface area contributed by atoms with Crippen LogP contribution in [-0.4, -0.2) is 60.3 Å². The lowest BCUT2D eigenvalue weighted by Gasteiger charge is -2.37. The van der Waals surface area contributed by atoms with Gasteiger partial charge in [-0.3, -0.25) is 4.79 Å². The molecule has 0 unspecified atom stereocenters. The predicted octanol–water partition coefficient (Wildman–Crippen LogP) is 3.34. The Balaban J connectivity index is 1.71. The summed E-state index contributed by atoms with van der Waals surface area (Å²) < 4.78 is 10.4. The van der Waals surface area contributed by atoms with Crippen molar-refractivity contribution < 1.29 is 19.1 Å². The van der Waals surface area contributed by atoms with Crippen molar-refractivity contribution in [3.63, 3.8) is 0 Å². The molecule has 0 radical (unpaired) electrons. The maximum atomic E-state index is 12.9. The molecule has 4 rings (SSSR count). The first-order valence-corrected chi connectivity index (χ1v) is 10.9. The SMILES string of the molecule is COC(=O)C1=C(C)N=C2SC=C(CC(=O)N3CCOCC3)N2[C@H]1c1ccccc1Cl. The Bertz CT molecular complexity index is 969. The smallest absolute Gasteiger partial charge is 0.338 e. The fourth-order valence-corrected chi connectivity index (χ4v) is 5.01. The normalized spacial score (nSPS) is 21.2. The first kappa shape index (κ1) is 21.0. The number of aliphatic imine (C=N–C) groups is 1. The molecule has 1 fully saturated rings. The van der Waals surface area contributed by atoms with E-state index in [2.05, 4.69) is 4.99 Å².